The van der Waals surface area contributed by atoms with Gasteiger partial charge in [0.25, 0.3) is 0 Å². The molecule has 8 heavy (non-hydrogen) atoms. The van der Waals surface area contributed by atoms with Gasteiger partial charge in [-0.1, -0.05) is 0 Å². The fraction of sp³-hybridized carbons (Fsp3) is 0.600. The van der Waals surface area contributed by atoms with Gasteiger partial charge in [-0.2, -0.15) is 0 Å². The van der Waals surface area contributed by atoms with Crippen molar-refractivity contribution < 1.29 is 9.59 Å². The molecule has 0 aromatic carbocycles. The summed E-state index contributed by atoms with van der Waals surface area (Å²) in [6.45, 7) is 1.38. The summed E-state index contributed by atoms with van der Waals surface area (Å²) in [5.74, 6) is -0.132. The second-order valence-electron chi connectivity index (χ2n) is 1.34. The number of carbonyl (C=O) groups is 1. The molecule has 0 aliphatic carbocycles. The summed E-state index contributed by atoms with van der Waals surface area (Å²) in [5, 5.41) is -0.574. The Bertz CT molecular complexity index is 101. The standard InChI is InChI=1S/C5H7O2S/c1-4(7)5(3-6)8-2/h5H,1-2H3. The molecule has 0 aliphatic heterocycles. The number of hydrogen-bond donors (Lipinski definition) is 0. The van der Waals surface area contributed by atoms with Crippen molar-refractivity contribution in [1.82, 2.24) is 0 Å². The minimum Gasteiger partial charge on any atom is -0.298 e. The van der Waals surface area contributed by atoms with Crippen LogP contribution in [0, 0.1) is 0 Å². The summed E-state index contributed by atoms with van der Waals surface area (Å²) in [7, 11) is 0. The second-order valence-corrected chi connectivity index (χ2v) is 2.29. The number of thioether (sulfide) groups is 1. The van der Waals surface area contributed by atoms with E-state index in [0.717, 1.165) is 0 Å². The second kappa shape index (κ2) is 3.66. The zero-order valence-corrected chi connectivity index (χ0v) is 5.62. The van der Waals surface area contributed by atoms with Gasteiger partial charge < -0.3 is 0 Å². The first-order chi connectivity index (χ1) is 3.72. The molecule has 45 valence electrons. The van der Waals surface area contributed by atoms with Gasteiger partial charge in [0.05, 0.1) is 0 Å². The van der Waals surface area contributed by atoms with Gasteiger partial charge in [-0.3, -0.25) is 9.59 Å². The maximum Gasteiger partial charge on any atom is 0.220 e. The Morgan fingerprint density at radius 1 is 1.75 bits per heavy atom. The van der Waals surface area contributed by atoms with Crippen LogP contribution in [0.25, 0.3) is 0 Å². The largest absolute Gasteiger partial charge is 0.298 e. The summed E-state index contributed by atoms with van der Waals surface area (Å²) in [4.78, 5) is 20.1. The van der Waals surface area contributed by atoms with E-state index < -0.39 is 5.25 Å². The van der Waals surface area contributed by atoms with Crippen molar-refractivity contribution in [2.24, 2.45) is 0 Å². The SMILES string of the molecule is CSC([C]=O)C(C)=O. The van der Waals surface area contributed by atoms with E-state index in [-0.39, 0.29) is 5.78 Å². The highest BCUT2D eigenvalue weighted by Crippen LogP contribution is 2.02. The smallest absolute Gasteiger partial charge is 0.220 e. The predicted octanol–water partition coefficient (Wildman–Crippen LogP) is 0.417. The van der Waals surface area contributed by atoms with Crippen molar-refractivity contribution in [2.75, 3.05) is 6.26 Å². The van der Waals surface area contributed by atoms with Crippen molar-refractivity contribution in [3.63, 3.8) is 0 Å². The van der Waals surface area contributed by atoms with Gasteiger partial charge in [-0.25, -0.2) is 0 Å². The normalized spacial score (nSPS) is 12.8. The van der Waals surface area contributed by atoms with Crippen LogP contribution >= 0.6 is 11.8 Å². The summed E-state index contributed by atoms with van der Waals surface area (Å²) in [6, 6.07) is 0. The Balaban J connectivity index is 3.69. The van der Waals surface area contributed by atoms with E-state index in [2.05, 4.69) is 0 Å². The van der Waals surface area contributed by atoms with Gasteiger partial charge in [-0.05, 0) is 13.2 Å². The van der Waals surface area contributed by atoms with Crippen LogP contribution in [0.1, 0.15) is 6.92 Å². The quantitative estimate of drug-likeness (QED) is 0.520. The van der Waals surface area contributed by atoms with Crippen molar-refractivity contribution in [1.29, 1.82) is 0 Å². The van der Waals surface area contributed by atoms with Crippen LogP contribution in [0.3, 0.4) is 0 Å². The van der Waals surface area contributed by atoms with E-state index in [1.54, 1.807) is 12.5 Å². The van der Waals surface area contributed by atoms with Gasteiger partial charge in [0.1, 0.15) is 5.25 Å². The number of ketones is 1. The average Bonchev–Trinajstić information content (AvgIpc) is 1.69. The van der Waals surface area contributed by atoms with Gasteiger partial charge in [0.2, 0.25) is 6.29 Å². The minimum absolute atomic E-state index is 0.132. The van der Waals surface area contributed by atoms with E-state index in [0.29, 0.717) is 0 Å². The summed E-state index contributed by atoms with van der Waals surface area (Å²) in [5.41, 5.74) is 0. The first-order valence-electron chi connectivity index (χ1n) is 2.13. The van der Waals surface area contributed by atoms with Crippen molar-refractivity contribution in [3.05, 3.63) is 0 Å². The van der Waals surface area contributed by atoms with E-state index in [1.807, 2.05) is 0 Å². The molecule has 0 N–H and O–H groups in total. The van der Waals surface area contributed by atoms with Crippen molar-refractivity contribution in [3.8, 4) is 0 Å². The molecular formula is C5H7O2S. The van der Waals surface area contributed by atoms with Gasteiger partial charge >= 0.3 is 0 Å². The molecule has 1 unspecified atom stereocenters. The molecule has 0 spiro atoms. The molecule has 0 saturated carbocycles. The van der Waals surface area contributed by atoms with E-state index in [1.165, 1.54) is 18.7 Å². The number of rotatable bonds is 3. The van der Waals surface area contributed by atoms with Crippen molar-refractivity contribution in [2.45, 2.75) is 12.2 Å². The summed E-state index contributed by atoms with van der Waals surface area (Å²) >= 11 is 1.20. The first kappa shape index (κ1) is 7.69. The third kappa shape index (κ3) is 2.12. The highest BCUT2D eigenvalue weighted by Gasteiger charge is 2.10. The summed E-state index contributed by atoms with van der Waals surface area (Å²) < 4.78 is 0. The molecule has 0 aliphatic rings. The first-order valence-corrected chi connectivity index (χ1v) is 3.42. The molecule has 0 bridgehead atoms. The maximum absolute atomic E-state index is 10.3. The molecule has 2 nitrogen and oxygen atoms in total. The van der Waals surface area contributed by atoms with E-state index in [9.17, 15) is 9.59 Å². The predicted molar refractivity (Wildman–Crippen MR) is 33.7 cm³/mol. The zero-order valence-electron chi connectivity index (χ0n) is 4.80. The van der Waals surface area contributed by atoms with Crippen LogP contribution in [-0.2, 0) is 9.59 Å². The number of hydrogen-bond acceptors (Lipinski definition) is 3. The van der Waals surface area contributed by atoms with Crippen molar-refractivity contribution >= 4 is 23.8 Å². The molecule has 0 heterocycles. The summed E-state index contributed by atoms with van der Waals surface area (Å²) in [6.07, 6.45) is 3.32. The Morgan fingerprint density at radius 3 is 2.25 bits per heavy atom. The van der Waals surface area contributed by atoms with Crippen LogP contribution in [-0.4, -0.2) is 23.6 Å². The van der Waals surface area contributed by atoms with Crippen LogP contribution in [0.15, 0.2) is 0 Å². The highest BCUT2D eigenvalue weighted by atomic mass is 32.2. The Hall–Kier alpha value is -0.310. The molecule has 1 radical (unpaired) electrons. The van der Waals surface area contributed by atoms with E-state index >= 15 is 0 Å². The number of carbonyl (C=O) groups excluding carboxylic acids is 2. The molecule has 1 atom stereocenters. The molecule has 3 heteroatoms. The highest BCUT2D eigenvalue weighted by molar-refractivity contribution is 8.00. The molecule has 0 aromatic heterocycles. The molecule has 0 saturated heterocycles. The number of Topliss-reactive ketones (excluding diaryl/α,β-unsaturated/α-hetero) is 1. The van der Waals surface area contributed by atoms with Crippen LogP contribution in [0.2, 0.25) is 0 Å². The van der Waals surface area contributed by atoms with Gasteiger partial charge in [0, 0.05) is 0 Å². The molecule has 0 aromatic rings. The Kier molecular flexibility index (Phi) is 3.52. The molecule has 0 fully saturated rings. The van der Waals surface area contributed by atoms with Gasteiger partial charge in [-0.15, -0.1) is 11.8 Å². The van der Waals surface area contributed by atoms with Crippen LogP contribution in [0.5, 0.6) is 0 Å². The molecule has 0 rings (SSSR count). The monoisotopic (exact) mass is 131 g/mol. The molecular weight excluding hydrogens is 124 g/mol. The fourth-order valence-electron chi connectivity index (χ4n) is 0.297. The lowest BCUT2D eigenvalue weighted by atomic mass is 10.3. The lowest BCUT2D eigenvalue weighted by Gasteiger charge is -1.95. The van der Waals surface area contributed by atoms with Crippen LogP contribution < -0.4 is 0 Å². The maximum atomic E-state index is 10.3. The third-order valence-electron chi connectivity index (χ3n) is 0.712. The Morgan fingerprint density at radius 2 is 2.25 bits per heavy atom. The fourth-order valence-corrected chi connectivity index (χ4v) is 0.725. The molecule has 0 amide bonds. The van der Waals surface area contributed by atoms with Crippen LogP contribution in [0.4, 0.5) is 0 Å². The zero-order chi connectivity index (χ0) is 6.57. The third-order valence-corrected chi connectivity index (χ3v) is 1.61. The topological polar surface area (TPSA) is 34.1 Å². The van der Waals surface area contributed by atoms with Gasteiger partial charge in [0.15, 0.2) is 5.78 Å². The minimum atomic E-state index is -0.574. The van der Waals surface area contributed by atoms with E-state index in [4.69, 9.17) is 0 Å². The lowest BCUT2D eigenvalue weighted by molar-refractivity contribution is -0.115. The average molecular weight is 131 g/mol. The lowest BCUT2D eigenvalue weighted by Crippen LogP contribution is -2.13. The Labute approximate surface area is 52.6 Å².